The lowest BCUT2D eigenvalue weighted by Crippen LogP contribution is -2.24. The van der Waals surface area contributed by atoms with Crippen molar-refractivity contribution in [2.45, 2.75) is 20.3 Å². The summed E-state index contributed by atoms with van der Waals surface area (Å²) >= 11 is 0. The number of allylic oxidation sites excluding steroid dienone is 1. The van der Waals surface area contributed by atoms with E-state index in [0.717, 1.165) is 28.3 Å². The van der Waals surface area contributed by atoms with Crippen LogP contribution in [-0.2, 0) is 9.53 Å². The number of methoxy groups -OCH3 is 1. The van der Waals surface area contributed by atoms with Crippen LogP contribution in [0.4, 0.5) is 5.69 Å². The number of rotatable bonds is 7. The SMILES string of the molecule is CCCNC(=O)c1ccc(C(=O)OC)c(NC(=O)C=C(C)c2ccc3ccccc3c2)c1. The number of carbonyl (C=O) groups is 3. The third kappa shape index (κ3) is 5.40. The number of carbonyl (C=O) groups excluding carboxylic acids is 3. The molecule has 2 N–H and O–H groups in total. The first-order valence-electron chi connectivity index (χ1n) is 10.4. The Morgan fingerprint density at radius 2 is 1.66 bits per heavy atom. The summed E-state index contributed by atoms with van der Waals surface area (Å²) in [6.07, 6.45) is 2.27. The van der Waals surface area contributed by atoms with Gasteiger partial charge in [0, 0.05) is 18.2 Å². The van der Waals surface area contributed by atoms with E-state index in [9.17, 15) is 14.4 Å². The highest BCUT2D eigenvalue weighted by molar-refractivity contribution is 6.09. The van der Waals surface area contributed by atoms with Crippen molar-refractivity contribution < 1.29 is 19.1 Å². The van der Waals surface area contributed by atoms with Crippen molar-refractivity contribution in [2.24, 2.45) is 0 Å². The molecular weight excluding hydrogens is 404 g/mol. The van der Waals surface area contributed by atoms with Gasteiger partial charge in [-0.25, -0.2) is 4.79 Å². The van der Waals surface area contributed by atoms with E-state index in [0.29, 0.717) is 12.1 Å². The van der Waals surface area contributed by atoms with Gasteiger partial charge in [0.15, 0.2) is 0 Å². The van der Waals surface area contributed by atoms with Crippen LogP contribution in [0.15, 0.2) is 66.7 Å². The minimum Gasteiger partial charge on any atom is -0.465 e. The summed E-state index contributed by atoms with van der Waals surface area (Å²) in [5.41, 5.74) is 2.42. The van der Waals surface area contributed by atoms with Crippen molar-refractivity contribution in [1.29, 1.82) is 0 Å². The van der Waals surface area contributed by atoms with E-state index >= 15 is 0 Å². The summed E-state index contributed by atoms with van der Waals surface area (Å²) in [5, 5.41) is 7.70. The molecule has 0 saturated heterocycles. The normalized spacial score (nSPS) is 11.2. The lowest BCUT2D eigenvalue weighted by molar-refractivity contribution is -0.111. The van der Waals surface area contributed by atoms with Crippen molar-refractivity contribution in [3.63, 3.8) is 0 Å². The van der Waals surface area contributed by atoms with Crippen molar-refractivity contribution in [3.05, 3.63) is 83.4 Å². The molecule has 0 aliphatic heterocycles. The smallest absolute Gasteiger partial charge is 0.339 e. The number of benzene rings is 3. The molecule has 0 heterocycles. The predicted molar refractivity (Wildman–Crippen MR) is 127 cm³/mol. The van der Waals surface area contributed by atoms with Crippen molar-refractivity contribution in [2.75, 3.05) is 19.0 Å². The fourth-order valence-corrected chi connectivity index (χ4v) is 3.30. The predicted octanol–water partition coefficient (Wildman–Crippen LogP) is 4.81. The molecule has 0 saturated carbocycles. The van der Waals surface area contributed by atoms with Crippen LogP contribution in [0.1, 0.15) is 46.5 Å². The number of nitrogens with one attached hydrogen (secondary N) is 2. The van der Waals surface area contributed by atoms with Crippen LogP contribution in [0.25, 0.3) is 16.3 Å². The Labute approximate surface area is 187 Å². The van der Waals surface area contributed by atoms with Crippen LogP contribution in [0, 0.1) is 0 Å². The third-order valence-electron chi connectivity index (χ3n) is 5.03. The molecule has 32 heavy (non-hydrogen) atoms. The van der Waals surface area contributed by atoms with Gasteiger partial charge in [0.2, 0.25) is 5.91 Å². The molecule has 164 valence electrons. The zero-order chi connectivity index (χ0) is 23.1. The van der Waals surface area contributed by atoms with Gasteiger partial charge in [-0.1, -0.05) is 43.3 Å². The number of anilines is 1. The third-order valence-corrected chi connectivity index (χ3v) is 5.03. The van der Waals surface area contributed by atoms with E-state index in [1.54, 1.807) is 0 Å². The number of amides is 2. The first kappa shape index (κ1) is 22.7. The van der Waals surface area contributed by atoms with Gasteiger partial charge >= 0.3 is 5.97 Å². The largest absolute Gasteiger partial charge is 0.465 e. The lowest BCUT2D eigenvalue weighted by Gasteiger charge is -2.12. The Kier molecular flexibility index (Phi) is 7.39. The fourth-order valence-electron chi connectivity index (χ4n) is 3.30. The number of ether oxygens (including phenoxy) is 1. The molecule has 0 aliphatic carbocycles. The van der Waals surface area contributed by atoms with Gasteiger partial charge in [0.25, 0.3) is 5.91 Å². The Morgan fingerprint density at radius 1 is 0.938 bits per heavy atom. The van der Waals surface area contributed by atoms with Gasteiger partial charge in [-0.2, -0.15) is 0 Å². The summed E-state index contributed by atoms with van der Waals surface area (Å²) < 4.78 is 4.81. The molecule has 0 bridgehead atoms. The minimum absolute atomic E-state index is 0.171. The molecular formula is C26H26N2O4. The van der Waals surface area contributed by atoms with Gasteiger partial charge < -0.3 is 15.4 Å². The van der Waals surface area contributed by atoms with E-state index in [4.69, 9.17) is 4.74 Å². The Balaban J connectivity index is 1.86. The molecule has 0 unspecified atom stereocenters. The molecule has 6 nitrogen and oxygen atoms in total. The van der Waals surface area contributed by atoms with Crippen LogP contribution in [-0.4, -0.2) is 31.4 Å². The second-order valence-corrected chi connectivity index (χ2v) is 7.39. The minimum atomic E-state index is -0.601. The first-order valence-corrected chi connectivity index (χ1v) is 10.4. The van der Waals surface area contributed by atoms with Crippen molar-refractivity contribution in [1.82, 2.24) is 5.32 Å². The lowest BCUT2D eigenvalue weighted by atomic mass is 10.0. The van der Waals surface area contributed by atoms with Crippen molar-refractivity contribution in [3.8, 4) is 0 Å². The second-order valence-electron chi connectivity index (χ2n) is 7.39. The van der Waals surface area contributed by atoms with E-state index in [1.165, 1.54) is 31.4 Å². The summed E-state index contributed by atoms with van der Waals surface area (Å²) in [7, 11) is 1.26. The van der Waals surface area contributed by atoms with Gasteiger partial charge in [0.1, 0.15) is 0 Å². The fraction of sp³-hybridized carbons (Fsp3) is 0.192. The zero-order valence-corrected chi connectivity index (χ0v) is 18.4. The van der Waals surface area contributed by atoms with E-state index < -0.39 is 11.9 Å². The number of hydrogen-bond acceptors (Lipinski definition) is 4. The number of esters is 1. The summed E-state index contributed by atoms with van der Waals surface area (Å²) in [5.74, 6) is -1.29. The molecule has 0 aliphatic rings. The summed E-state index contributed by atoms with van der Waals surface area (Å²) in [6.45, 7) is 4.34. The molecule has 0 atom stereocenters. The van der Waals surface area contributed by atoms with E-state index in [1.807, 2.05) is 56.3 Å². The van der Waals surface area contributed by atoms with Crippen LogP contribution < -0.4 is 10.6 Å². The maximum Gasteiger partial charge on any atom is 0.339 e. The average Bonchev–Trinajstić information content (AvgIpc) is 2.81. The monoisotopic (exact) mass is 430 g/mol. The quantitative estimate of drug-likeness (QED) is 0.416. The standard InChI is InChI=1S/C26H26N2O4/c1-4-13-27-25(30)21-11-12-22(26(31)32-3)23(16-21)28-24(29)14-17(2)19-10-9-18-7-5-6-8-20(18)15-19/h5-12,14-16H,4,13H2,1-3H3,(H,27,30)(H,28,29). The van der Waals surface area contributed by atoms with Crippen LogP contribution >= 0.6 is 0 Å². The molecule has 0 aromatic heterocycles. The van der Waals surface area contributed by atoms with Gasteiger partial charge in [0.05, 0.1) is 18.4 Å². The average molecular weight is 431 g/mol. The molecule has 2 amide bonds. The highest BCUT2D eigenvalue weighted by Gasteiger charge is 2.16. The molecule has 0 fully saturated rings. The number of hydrogen-bond donors (Lipinski definition) is 2. The second kappa shape index (κ2) is 10.4. The number of fused-ring (bicyclic) bond motifs is 1. The molecule has 3 rings (SSSR count). The summed E-state index contributed by atoms with van der Waals surface area (Å²) in [4.78, 5) is 37.2. The maximum atomic E-state index is 12.7. The maximum absolute atomic E-state index is 12.7. The molecule has 3 aromatic carbocycles. The Hall–Kier alpha value is -3.93. The highest BCUT2D eigenvalue weighted by Crippen LogP contribution is 2.22. The zero-order valence-electron chi connectivity index (χ0n) is 18.4. The summed E-state index contributed by atoms with van der Waals surface area (Å²) in [6, 6.07) is 18.5. The molecule has 6 heteroatoms. The topological polar surface area (TPSA) is 84.5 Å². The molecule has 3 aromatic rings. The Morgan fingerprint density at radius 3 is 2.38 bits per heavy atom. The highest BCUT2D eigenvalue weighted by atomic mass is 16.5. The van der Waals surface area contributed by atoms with Crippen LogP contribution in [0.5, 0.6) is 0 Å². The first-order chi connectivity index (χ1) is 15.4. The van der Waals surface area contributed by atoms with Gasteiger partial charge in [-0.3, -0.25) is 9.59 Å². The van der Waals surface area contributed by atoms with Crippen LogP contribution in [0.3, 0.4) is 0 Å². The van der Waals surface area contributed by atoms with Crippen molar-refractivity contribution >= 4 is 39.8 Å². The van der Waals surface area contributed by atoms with Crippen LogP contribution in [0.2, 0.25) is 0 Å². The van der Waals surface area contributed by atoms with Gasteiger partial charge in [-0.05, 0) is 59.5 Å². The van der Waals surface area contributed by atoms with E-state index in [2.05, 4.69) is 10.6 Å². The Bertz CT molecular complexity index is 1200. The van der Waals surface area contributed by atoms with Gasteiger partial charge in [-0.15, -0.1) is 0 Å². The molecule has 0 spiro atoms. The van der Waals surface area contributed by atoms with E-state index in [-0.39, 0.29) is 17.2 Å². The molecule has 0 radical (unpaired) electrons.